The van der Waals surface area contributed by atoms with Gasteiger partial charge in [0.2, 0.25) is 5.79 Å². The van der Waals surface area contributed by atoms with Crippen molar-refractivity contribution in [3.8, 4) is 11.5 Å². The van der Waals surface area contributed by atoms with E-state index in [4.69, 9.17) is 24.2 Å². The van der Waals surface area contributed by atoms with Crippen molar-refractivity contribution in [1.82, 2.24) is 9.97 Å². The Bertz CT molecular complexity index is 1750. The van der Waals surface area contributed by atoms with E-state index in [9.17, 15) is 10.2 Å². The van der Waals surface area contributed by atoms with Crippen molar-refractivity contribution in [3.63, 3.8) is 0 Å². The lowest BCUT2D eigenvalue weighted by Crippen LogP contribution is -2.64. The third-order valence-electron chi connectivity index (χ3n) is 10.7. The zero-order chi connectivity index (χ0) is 39.4. The molecule has 1 fully saturated rings. The van der Waals surface area contributed by atoms with E-state index in [1.807, 2.05) is 56.9 Å². The summed E-state index contributed by atoms with van der Waals surface area (Å²) in [6, 6.07) is 16.7. The molecule has 6 rings (SSSR count). The first-order valence-corrected chi connectivity index (χ1v) is 22.2. The fourth-order valence-corrected chi connectivity index (χ4v) is 10.5. The summed E-state index contributed by atoms with van der Waals surface area (Å²) in [7, 11) is 0. The van der Waals surface area contributed by atoms with Crippen molar-refractivity contribution >= 4 is 29.2 Å². The van der Waals surface area contributed by atoms with Crippen LogP contribution in [0.2, 0.25) is 0 Å². The SMILES string of the molecule is C=CCO[C@@]12Oc3ccc(OCCSc4ccccc4)cc3[C@H]3[C@H](CCCCO)[C@@H](CCCCO)C=C(C(=NOC(C)(C)C)C[C@@H]1SCCc1cnccn1)[C@H]32. The standard InChI is InChI=1S/C45H59N3O6S2/c1-5-24-52-45-41(56-26-19-33-31-46-20-21-47-33)30-39(48-54-44(2,3)4)37-28-32(13-9-11-22-49)36(16-10-12-23-50)42(43(37)45)38-29-34(17-18-40(38)53-45)51-25-27-55-35-14-7-6-8-15-35/h5-8,14-15,17-18,20-21,28-29,31-32,36,41-43,49-50H,1,9-13,16,19,22-27,30H2,2-4H3/t32-,36+,41-,42+,43+,45+/m0/s1. The second-order valence-corrected chi connectivity index (χ2v) is 18.3. The molecule has 0 radical (unpaired) electrons. The van der Waals surface area contributed by atoms with E-state index in [-0.39, 0.29) is 42.1 Å². The molecule has 2 heterocycles. The lowest BCUT2D eigenvalue weighted by Gasteiger charge is -2.58. The van der Waals surface area contributed by atoms with Gasteiger partial charge in [0.25, 0.3) is 0 Å². The van der Waals surface area contributed by atoms with Gasteiger partial charge in [0, 0.05) is 66.8 Å². The van der Waals surface area contributed by atoms with Gasteiger partial charge in [-0.2, -0.15) is 11.8 Å². The predicted octanol–water partition coefficient (Wildman–Crippen LogP) is 9.06. The first-order chi connectivity index (χ1) is 27.3. The summed E-state index contributed by atoms with van der Waals surface area (Å²) >= 11 is 3.61. The maximum absolute atomic E-state index is 9.92. The van der Waals surface area contributed by atoms with Gasteiger partial charge >= 0.3 is 0 Å². The number of aliphatic hydroxyl groups excluding tert-OH is 2. The van der Waals surface area contributed by atoms with Crippen LogP contribution >= 0.6 is 23.5 Å². The molecule has 0 unspecified atom stereocenters. The second-order valence-electron chi connectivity index (χ2n) is 15.8. The van der Waals surface area contributed by atoms with E-state index in [2.05, 4.69) is 59.0 Å². The van der Waals surface area contributed by atoms with Gasteiger partial charge in [-0.25, -0.2) is 0 Å². The molecule has 1 saturated carbocycles. The number of hydrogen-bond acceptors (Lipinski definition) is 11. The Hall–Kier alpha value is -3.35. The molecule has 302 valence electrons. The smallest absolute Gasteiger partial charge is 0.230 e. The number of allylic oxidation sites excluding steroid dienone is 1. The lowest BCUT2D eigenvalue weighted by atomic mass is 9.56. The average molecular weight is 802 g/mol. The number of thioether (sulfide) groups is 2. The molecule has 6 atom stereocenters. The van der Waals surface area contributed by atoms with Gasteiger partial charge in [-0.1, -0.05) is 48.3 Å². The zero-order valence-corrected chi connectivity index (χ0v) is 34.8. The molecule has 11 heteroatoms. The van der Waals surface area contributed by atoms with Crippen LogP contribution in [0.5, 0.6) is 11.5 Å². The number of fused-ring (bicyclic) bond motifs is 2. The predicted molar refractivity (Wildman–Crippen MR) is 227 cm³/mol. The van der Waals surface area contributed by atoms with E-state index < -0.39 is 11.4 Å². The first kappa shape index (κ1) is 42.3. The molecule has 1 aromatic heterocycles. The molecule has 2 aromatic carbocycles. The highest BCUT2D eigenvalue weighted by Crippen LogP contribution is 2.62. The molecule has 0 saturated heterocycles. The minimum Gasteiger partial charge on any atom is -0.493 e. The third kappa shape index (κ3) is 10.6. The fraction of sp³-hybridized carbons (Fsp3) is 0.533. The van der Waals surface area contributed by atoms with Gasteiger partial charge in [0.15, 0.2) is 0 Å². The summed E-state index contributed by atoms with van der Waals surface area (Å²) < 4.78 is 20.8. The Balaban J connectivity index is 1.44. The number of ether oxygens (including phenoxy) is 3. The summed E-state index contributed by atoms with van der Waals surface area (Å²) in [4.78, 5) is 16.3. The minimum absolute atomic E-state index is 0.00635. The summed E-state index contributed by atoms with van der Waals surface area (Å²) in [6.45, 7) is 11.4. The third-order valence-corrected chi connectivity index (χ3v) is 13.0. The maximum Gasteiger partial charge on any atom is 0.230 e. The molecule has 0 bridgehead atoms. The van der Waals surface area contributed by atoms with E-state index in [1.165, 1.54) is 4.90 Å². The maximum atomic E-state index is 9.92. The molecule has 3 aromatic rings. The monoisotopic (exact) mass is 801 g/mol. The summed E-state index contributed by atoms with van der Waals surface area (Å²) in [5.41, 5.74) is 3.64. The van der Waals surface area contributed by atoms with Crippen LogP contribution in [0, 0.1) is 17.8 Å². The number of oxime groups is 1. The molecule has 0 spiro atoms. The second kappa shape index (κ2) is 20.4. The Morgan fingerprint density at radius 2 is 1.82 bits per heavy atom. The molecule has 3 aliphatic rings. The van der Waals surface area contributed by atoms with E-state index >= 15 is 0 Å². The van der Waals surface area contributed by atoms with Gasteiger partial charge in [-0.05, 0) is 99.9 Å². The number of rotatable bonds is 21. The number of benzene rings is 2. The van der Waals surface area contributed by atoms with Crippen molar-refractivity contribution in [2.75, 3.05) is 37.9 Å². The normalized spacial score (nSPS) is 24.8. The molecule has 9 nitrogen and oxygen atoms in total. The van der Waals surface area contributed by atoms with Crippen LogP contribution in [0.4, 0.5) is 0 Å². The minimum atomic E-state index is -1.02. The van der Waals surface area contributed by atoms with Crippen LogP contribution in [-0.4, -0.2) is 80.5 Å². The molecular weight excluding hydrogens is 743 g/mol. The van der Waals surface area contributed by atoms with Crippen LogP contribution in [0.1, 0.15) is 82.9 Å². The van der Waals surface area contributed by atoms with Crippen LogP contribution in [0.3, 0.4) is 0 Å². The molecule has 2 N–H and O–H groups in total. The molecule has 0 amide bonds. The van der Waals surface area contributed by atoms with Crippen molar-refractivity contribution in [3.05, 3.63) is 103 Å². The zero-order valence-electron chi connectivity index (χ0n) is 33.2. The van der Waals surface area contributed by atoms with Crippen molar-refractivity contribution in [2.24, 2.45) is 22.9 Å². The largest absolute Gasteiger partial charge is 0.493 e. The number of unbranched alkanes of at least 4 members (excludes halogenated alkanes) is 2. The van der Waals surface area contributed by atoms with Gasteiger partial charge in [-0.15, -0.1) is 18.3 Å². The van der Waals surface area contributed by atoms with Crippen LogP contribution in [0.15, 0.2) is 101 Å². The number of hydrogen-bond donors (Lipinski definition) is 2. The van der Waals surface area contributed by atoms with Crippen LogP contribution in [0.25, 0.3) is 0 Å². The summed E-state index contributed by atoms with van der Waals surface area (Å²) in [6.07, 6.45) is 16.0. The Morgan fingerprint density at radius 1 is 1.02 bits per heavy atom. The van der Waals surface area contributed by atoms with Crippen LogP contribution in [-0.2, 0) is 16.0 Å². The van der Waals surface area contributed by atoms with Gasteiger partial charge in [0.1, 0.15) is 17.1 Å². The Morgan fingerprint density at radius 3 is 2.55 bits per heavy atom. The summed E-state index contributed by atoms with van der Waals surface area (Å²) in [5.74, 6) is 2.47. The van der Waals surface area contributed by atoms with Gasteiger partial charge < -0.3 is 29.3 Å². The topological polar surface area (TPSA) is 116 Å². The highest BCUT2D eigenvalue weighted by Gasteiger charge is 2.64. The Labute approximate surface area is 341 Å². The number of nitrogens with zero attached hydrogens (tertiary/aromatic N) is 3. The molecule has 2 aliphatic carbocycles. The van der Waals surface area contributed by atoms with E-state index in [1.54, 1.807) is 24.2 Å². The molecule has 56 heavy (non-hydrogen) atoms. The van der Waals surface area contributed by atoms with Gasteiger partial charge in [0.05, 0.1) is 35.8 Å². The summed E-state index contributed by atoms with van der Waals surface area (Å²) in [5, 5.41) is 24.6. The van der Waals surface area contributed by atoms with Crippen LogP contribution < -0.4 is 9.47 Å². The number of aryl methyl sites for hydroxylation is 1. The quantitative estimate of drug-likeness (QED) is 0.0468. The first-order valence-electron chi connectivity index (χ1n) is 20.2. The highest BCUT2D eigenvalue weighted by atomic mass is 32.2. The van der Waals surface area contributed by atoms with Crippen molar-refractivity contribution in [2.45, 2.75) is 99.6 Å². The van der Waals surface area contributed by atoms with E-state index in [0.29, 0.717) is 19.6 Å². The fourth-order valence-electron chi connectivity index (χ4n) is 8.36. The van der Waals surface area contributed by atoms with Crippen molar-refractivity contribution < 1.29 is 29.3 Å². The Kier molecular flexibility index (Phi) is 15.4. The van der Waals surface area contributed by atoms with E-state index in [0.717, 1.165) is 90.5 Å². The van der Waals surface area contributed by atoms with Crippen molar-refractivity contribution in [1.29, 1.82) is 0 Å². The highest BCUT2D eigenvalue weighted by molar-refractivity contribution is 8.00. The molecular formula is C45H59N3O6S2. The average Bonchev–Trinajstić information content (AvgIpc) is 3.20. The number of aliphatic hydroxyl groups is 2. The van der Waals surface area contributed by atoms with Gasteiger partial charge in [-0.3, -0.25) is 9.97 Å². The molecule has 1 aliphatic heterocycles. The number of aromatic nitrogens is 2. The lowest BCUT2D eigenvalue weighted by molar-refractivity contribution is -0.223.